The van der Waals surface area contributed by atoms with Gasteiger partial charge in [0, 0.05) is 31.1 Å². The van der Waals surface area contributed by atoms with Gasteiger partial charge in [-0.25, -0.2) is 0 Å². The molecule has 1 aliphatic heterocycles. The highest BCUT2D eigenvalue weighted by Crippen LogP contribution is 2.35. The maximum absolute atomic E-state index is 11.4. The van der Waals surface area contributed by atoms with Gasteiger partial charge in [-0.1, -0.05) is 0 Å². The van der Waals surface area contributed by atoms with Crippen LogP contribution in [-0.4, -0.2) is 32.8 Å². The zero-order valence-corrected chi connectivity index (χ0v) is 14.3. The average Bonchev–Trinajstić information content (AvgIpc) is 3.11. The van der Waals surface area contributed by atoms with Crippen molar-refractivity contribution in [3.8, 4) is 6.07 Å². The third-order valence-electron chi connectivity index (χ3n) is 4.66. The van der Waals surface area contributed by atoms with Gasteiger partial charge in [-0.05, 0) is 38.8 Å². The molecule has 1 aromatic heterocycles. The van der Waals surface area contributed by atoms with E-state index >= 15 is 0 Å². The average molecular weight is 340 g/mol. The Morgan fingerprint density at radius 1 is 1.36 bits per heavy atom. The predicted molar refractivity (Wildman–Crippen MR) is 92.4 cm³/mol. The summed E-state index contributed by atoms with van der Waals surface area (Å²) in [7, 11) is 0. The van der Waals surface area contributed by atoms with Crippen LogP contribution in [-0.2, 0) is 0 Å². The fraction of sp³-hybridized carbons (Fsp3) is 0.471. The number of nitrogens with zero attached hydrogens (tertiary/aromatic N) is 6. The first-order chi connectivity index (χ1) is 12.0. The quantitative estimate of drug-likeness (QED) is 0.626. The molecule has 1 aromatic carbocycles. The minimum absolute atomic E-state index is 0.0113. The minimum atomic E-state index is -0.419. The molecule has 0 N–H and O–H groups in total. The Balaban J connectivity index is 1.78. The van der Waals surface area contributed by atoms with E-state index in [0.717, 1.165) is 18.7 Å². The first-order valence-corrected chi connectivity index (χ1v) is 8.34. The molecule has 0 radical (unpaired) electrons. The van der Waals surface area contributed by atoms with Crippen LogP contribution in [0.15, 0.2) is 24.5 Å². The molecule has 0 saturated carbocycles. The maximum Gasteiger partial charge on any atom is 0.293 e. The molecule has 130 valence electrons. The maximum atomic E-state index is 11.4. The molecular weight excluding hydrogens is 320 g/mol. The highest BCUT2D eigenvalue weighted by Gasteiger charge is 2.28. The van der Waals surface area contributed by atoms with Gasteiger partial charge in [0.15, 0.2) is 0 Å². The van der Waals surface area contributed by atoms with Crippen LogP contribution < -0.4 is 4.90 Å². The summed E-state index contributed by atoms with van der Waals surface area (Å²) in [5.74, 6) is 1.29. The number of nitro groups is 1. The molecule has 0 unspecified atom stereocenters. The highest BCUT2D eigenvalue weighted by atomic mass is 16.6. The zero-order chi connectivity index (χ0) is 18.0. The van der Waals surface area contributed by atoms with Crippen LogP contribution in [0.1, 0.15) is 50.0 Å². The molecule has 8 nitrogen and oxygen atoms in total. The third kappa shape index (κ3) is 3.31. The Morgan fingerprint density at radius 3 is 2.68 bits per heavy atom. The van der Waals surface area contributed by atoms with E-state index in [0.29, 0.717) is 36.3 Å². The molecule has 8 heteroatoms. The monoisotopic (exact) mass is 340 g/mol. The van der Waals surface area contributed by atoms with Crippen LogP contribution in [0.5, 0.6) is 0 Å². The number of nitriles is 1. The van der Waals surface area contributed by atoms with Crippen molar-refractivity contribution in [2.75, 3.05) is 18.0 Å². The standard InChI is InChI=1S/C17H20N6O2/c1-12(2)22-11-19-20-17(22)14-5-7-21(8-6-14)15-4-3-13(10-18)9-16(15)23(24)25/h3-4,9,11-12,14H,5-8H2,1-2H3. The predicted octanol–water partition coefficient (Wildman–Crippen LogP) is 3.02. The Morgan fingerprint density at radius 2 is 2.08 bits per heavy atom. The van der Waals surface area contributed by atoms with Crippen LogP contribution in [0.3, 0.4) is 0 Å². The van der Waals surface area contributed by atoms with Gasteiger partial charge in [-0.2, -0.15) is 5.26 Å². The normalized spacial score (nSPS) is 15.4. The fourth-order valence-corrected chi connectivity index (χ4v) is 3.33. The molecule has 0 spiro atoms. The first-order valence-electron chi connectivity index (χ1n) is 8.34. The van der Waals surface area contributed by atoms with Crippen LogP contribution in [0.2, 0.25) is 0 Å². The fourth-order valence-electron chi connectivity index (χ4n) is 3.33. The van der Waals surface area contributed by atoms with Crippen molar-refractivity contribution in [1.29, 1.82) is 5.26 Å². The van der Waals surface area contributed by atoms with Crippen LogP contribution in [0.25, 0.3) is 0 Å². The smallest absolute Gasteiger partial charge is 0.293 e. The van der Waals surface area contributed by atoms with E-state index in [1.165, 1.54) is 6.07 Å². The van der Waals surface area contributed by atoms with Crippen LogP contribution >= 0.6 is 0 Å². The lowest BCUT2D eigenvalue weighted by Gasteiger charge is -2.33. The molecule has 1 saturated heterocycles. The summed E-state index contributed by atoms with van der Waals surface area (Å²) in [6.07, 6.45) is 3.49. The molecule has 1 aliphatic rings. The molecule has 2 heterocycles. The highest BCUT2D eigenvalue weighted by molar-refractivity contribution is 5.65. The number of anilines is 1. The van der Waals surface area contributed by atoms with Crippen molar-refractivity contribution >= 4 is 11.4 Å². The van der Waals surface area contributed by atoms with Crippen LogP contribution in [0, 0.1) is 21.4 Å². The van der Waals surface area contributed by atoms with Gasteiger partial charge in [0.25, 0.3) is 5.69 Å². The summed E-state index contributed by atoms with van der Waals surface area (Å²) in [5, 5.41) is 28.6. The van der Waals surface area contributed by atoms with Gasteiger partial charge in [-0.3, -0.25) is 10.1 Å². The van der Waals surface area contributed by atoms with Gasteiger partial charge in [0.2, 0.25) is 0 Å². The van der Waals surface area contributed by atoms with Gasteiger partial charge in [0.05, 0.1) is 16.6 Å². The van der Waals surface area contributed by atoms with Crippen molar-refractivity contribution in [2.45, 2.75) is 38.6 Å². The topological polar surface area (TPSA) is 101 Å². The minimum Gasteiger partial charge on any atom is -0.366 e. The molecule has 0 atom stereocenters. The van der Waals surface area contributed by atoms with Crippen molar-refractivity contribution in [3.05, 3.63) is 46.0 Å². The Hall–Kier alpha value is -2.95. The summed E-state index contributed by atoms with van der Waals surface area (Å²) in [6, 6.07) is 6.91. The van der Waals surface area contributed by atoms with Crippen molar-refractivity contribution in [3.63, 3.8) is 0 Å². The molecular formula is C17H20N6O2. The Kier molecular flexibility index (Phi) is 4.65. The first kappa shape index (κ1) is 16.9. The number of hydrogen-bond donors (Lipinski definition) is 0. The molecule has 0 aliphatic carbocycles. The summed E-state index contributed by atoms with van der Waals surface area (Å²) in [4.78, 5) is 13.0. The molecule has 0 amide bonds. The van der Waals surface area contributed by atoms with Crippen LogP contribution in [0.4, 0.5) is 11.4 Å². The second kappa shape index (κ2) is 6.89. The Labute approximate surface area is 145 Å². The molecule has 2 aromatic rings. The van der Waals surface area contributed by atoms with E-state index in [9.17, 15) is 10.1 Å². The number of benzene rings is 1. The van der Waals surface area contributed by atoms with Gasteiger partial charge < -0.3 is 9.47 Å². The molecule has 0 bridgehead atoms. The van der Waals surface area contributed by atoms with E-state index < -0.39 is 4.92 Å². The number of hydrogen-bond acceptors (Lipinski definition) is 6. The van der Waals surface area contributed by atoms with E-state index in [-0.39, 0.29) is 5.69 Å². The zero-order valence-electron chi connectivity index (χ0n) is 14.3. The molecule has 25 heavy (non-hydrogen) atoms. The lowest BCUT2D eigenvalue weighted by atomic mass is 9.95. The van der Waals surface area contributed by atoms with E-state index in [4.69, 9.17) is 5.26 Å². The summed E-state index contributed by atoms with van der Waals surface area (Å²) in [6.45, 7) is 5.62. The second-order valence-electron chi connectivity index (χ2n) is 6.52. The number of rotatable bonds is 4. The summed E-state index contributed by atoms with van der Waals surface area (Å²) in [5.41, 5.74) is 0.867. The lowest BCUT2D eigenvalue weighted by Crippen LogP contribution is -2.34. The van der Waals surface area contributed by atoms with Crippen molar-refractivity contribution in [1.82, 2.24) is 14.8 Å². The lowest BCUT2D eigenvalue weighted by molar-refractivity contribution is -0.384. The van der Waals surface area contributed by atoms with Crippen molar-refractivity contribution in [2.24, 2.45) is 0 Å². The Bertz CT molecular complexity index is 815. The number of nitro benzene ring substituents is 1. The summed E-state index contributed by atoms with van der Waals surface area (Å²) < 4.78 is 2.09. The van der Waals surface area contributed by atoms with Gasteiger partial charge >= 0.3 is 0 Å². The number of aromatic nitrogens is 3. The second-order valence-corrected chi connectivity index (χ2v) is 6.52. The summed E-state index contributed by atoms with van der Waals surface area (Å²) >= 11 is 0. The van der Waals surface area contributed by atoms with E-state index in [1.807, 2.05) is 11.0 Å². The molecule has 1 fully saturated rings. The van der Waals surface area contributed by atoms with E-state index in [1.54, 1.807) is 18.5 Å². The third-order valence-corrected chi connectivity index (χ3v) is 4.66. The van der Waals surface area contributed by atoms with Gasteiger partial charge in [0.1, 0.15) is 17.8 Å². The largest absolute Gasteiger partial charge is 0.366 e. The SMILES string of the molecule is CC(C)n1cnnc1C1CCN(c2ccc(C#N)cc2[N+](=O)[O-])CC1. The molecule has 3 rings (SSSR count). The van der Waals surface area contributed by atoms with E-state index in [2.05, 4.69) is 28.6 Å². The van der Waals surface area contributed by atoms with Crippen molar-refractivity contribution < 1.29 is 4.92 Å². The number of piperidine rings is 1. The van der Waals surface area contributed by atoms with Gasteiger partial charge in [-0.15, -0.1) is 10.2 Å².